The number of amides is 1. The number of piperazine rings is 1. The number of aromatic nitrogens is 1. The first-order chi connectivity index (χ1) is 19.9. The van der Waals surface area contributed by atoms with Gasteiger partial charge in [0.1, 0.15) is 18.1 Å². The fourth-order valence-corrected chi connectivity index (χ4v) is 4.75. The third-order valence-electron chi connectivity index (χ3n) is 7.11. The monoisotopic (exact) mass is 567 g/mol. The minimum Gasteiger partial charge on any atom is -0.487 e. The molecule has 7 heteroatoms. The van der Waals surface area contributed by atoms with Crippen LogP contribution in [-0.2, 0) is 17.9 Å². The van der Waals surface area contributed by atoms with Crippen molar-refractivity contribution in [2.75, 3.05) is 26.2 Å². The highest BCUT2D eigenvalue weighted by Crippen LogP contribution is 2.25. The van der Waals surface area contributed by atoms with E-state index >= 15 is 0 Å². The number of ether oxygens (including phenoxy) is 2. The van der Waals surface area contributed by atoms with Gasteiger partial charge in [0.25, 0.3) is 0 Å². The van der Waals surface area contributed by atoms with E-state index in [1.54, 1.807) is 18.3 Å². The Bertz CT molecular complexity index is 1480. The number of benzene rings is 3. The number of aryl methyl sites for hydroxylation is 2. The molecule has 0 saturated carbocycles. The molecule has 0 spiro atoms. The van der Waals surface area contributed by atoms with E-state index in [9.17, 15) is 4.79 Å². The first-order valence-electron chi connectivity index (χ1n) is 13.8. The van der Waals surface area contributed by atoms with Gasteiger partial charge in [-0.2, -0.15) is 0 Å². The molecule has 3 aromatic carbocycles. The Balaban J connectivity index is 1.09. The second-order valence-electron chi connectivity index (χ2n) is 10.3. The summed E-state index contributed by atoms with van der Waals surface area (Å²) in [6, 6.07) is 25.6. The summed E-state index contributed by atoms with van der Waals surface area (Å²) in [7, 11) is 0. The number of rotatable bonds is 9. The average molecular weight is 568 g/mol. The molecule has 5 rings (SSSR count). The molecule has 0 N–H and O–H groups in total. The van der Waals surface area contributed by atoms with Crippen LogP contribution in [0.3, 0.4) is 0 Å². The standard InChI is InChI=1S/C34H34ClN3O3/c1-25-3-5-28(6-4-25)24-40-32-14-15-33(36-22-32)41-31-13-9-29(26(2)21-31)10-16-34(39)38-19-17-37(18-20-38)23-27-7-11-30(35)12-8-27/h3-16,21-22H,17-20,23-24H2,1-2H3. The predicted molar refractivity (Wildman–Crippen MR) is 163 cm³/mol. The highest BCUT2D eigenvalue weighted by molar-refractivity contribution is 6.30. The SMILES string of the molecule is Cc1ccc(COc2ccc(Oc3ccc(C=CC(=O)N4CCN(Cc5ccc(Cl)cc5)CC4)c(C)c3)nc2)cc1. The van der Waals surface area contributed by atoms with Gasteiger partial charge in [-0.3, -0.25) is 9.69 Å². The van der Waals surface area contributed by atoms with Crippen LogP contribution >= 0.6 is 11.6 Å². The molecule has 0 aliphatic carbocycles. The fourth-order valence-electron chi connectivity index (χ4n) is 4.62. The molecule has 0 unspecified atom stereocenters. The van der Waals surface area contributed by atoms with E-state index in [1.807, 2.05) is 54.3 Å². The topological polar surface area (TPSA) is 54.9 Å². The Morgan fingerprint density at radius 3 is 2.27 bits per heavy atom. The lowest BCUT2D eigenvalue weighted by molar-refractivity contribution is -0.127. The Kier molecular flexibility index (Phi) is 9.34. The predicted octanol–water partition coefficient (Wildman–Crippen LogP) is 7.08. The second-order valence-corrected chi connectivity index (χ2v) is 10.7. The Hall–Kier alpha value is -4.13. The molecule has 6 nitrogen and oxygen atoms in total. The van der Waals surface area contributed by atoms with Gasteiger partial charge < -0.3 is 14.4 Å². The largest absolute Gasteiger partial charge is 0.487 e. The highest BCUT2D eigenvalue weighted by Gasteiger charge is 2.19. The van der Waals surface area contributed by atoms with Crippen LogP contribution < -0.4 is 9.47 Å². The van der Waals surface area contributed by atoms with Crippen molar-refractivity contribution in [3.63, 3.8) is 0 Å². The summed E-state index contributed by atoms with van der Waals surface area (Å²) in [6.07, 6.45) is 5.20. The van der Waals surface area contributed by atoms with Crippen molar-refractivity contribution in [1.29, 1.82) is 0 Å². The van der Waals surface area contributed by atoms with Gasteiger partial charge in [-0.05, 0) is 72.5 Å². The van der Waals surface area contributed by atoms with Gasteiger partial charge in [0.05, 0.1) is 6.20 Å². The molecule has 0 radical (unpaired) electrons. The van der Waals surface area contributed by atoms with E-state index in [-0.39, 0.29) is 5.91 Å². The number of hydrogen-bond donors (Lipinski definition) is 0. The molecule has 41 heavy (non-hydrogen) atoms. The van der Waals surface area contributed by atoms with E-state index in [0.29, 0.717) is 37.1 Å². The van der Waals surface area contributed by atoms with Gasteiger partial charge in [0, 0.05) is 49.9 Å². The van der Waals surface area contributed by atoms with Crippen LogP contribution in [0.5, 0.6) is 17.4 Å². The second kappa shape index (κ2) is 13.5. The molecule has 1 amide bonds. The molecule has 1 fully saturated rings. The maximum Gasteiger partial charge on any atom is 0.246 e. The molecule has 2 heterocycles. The van der Waals surface area contributed by atoms with Crippen LogP contribution in [0.2, 0.25) is 5.02 Å². The Morgan fingerprint density at radius 2 is 1.59 bits per heavy atom. The average Bonchev–Trinajstić information content (AvgIpc) is 2.99. The minimum atomic E-state index is 0.0322. The van der Waals surface area contributed by atoms with Gasteiger partial charge in [-0.15, -0.1) is 0 Å². The highest BCUT2D eigenvalue weighted by atomic mass is 35.5. The lowest BCUT2D eigenvalue weighted by Crippen LogP contribution is -2.47. The van der Waals surface area contributed by atoms with Crippen LogP contribution in [0.15, 0.2) is 91.1 Å². The number of nitrogens with zero attached hydrogens (tertiary/aromatic N) is 3. The van der Waals surface area contributed by atoms with Crippen LogP contribution in [0.1, 0.15) is 27.8 Å². The minimum absolute atomic E-state index is 0.0322. The van der Waals surface area contributed by atoms with Crippen molar-refractivity contribution >= 4 is 23.6 Å². The molecular formula is C34H34ClN3O3. The third-order valence-corrected chi connectivity index (χ3v) is 7.36. The van der Waals surface area contributed by atoms with Gasteiger partial charge >= 0.3 is 0 Å². The molecule has 1 saturated heterocycles. The molecular weight excluding hydrogens is 534 g/mol. The van der Waals surface area contributed by atoms with E-state index in [2.05, 4.69) is 53.2 Å². The van der Waals surface area contributed by atoms with Crippen molar-refractivity contribution in [1.82, 2.24) is 14.8 Å². The first kappa shape index (κ1) is 28.4. The summed E-state index contributed by atoms with van der Waals surface area (Å²) in [4.78, 5) is 21.5. The van der Waals surface area contributed by atoms with Crippen molar-refractivity contribution in [2.24, 2.45) is 0 Å². The lowest BCUT2D eigenvalue weighted by atomic mass is 10.1. The summed E-state index contributed by atoms with van der Waals surface area (Å²) in [5, 5.41) is 0.746. The van der Waals surface area contributed by atoms with Gasteiger partial charge in [-0.1, -0.05) is 59.6 Å². The summed E-state index contributed by atoms with van der Waals surface area (Å²) in [5.74, 6) is 1.89. The van der Waals surface area contributed by atoms with Crippen LogP contribution in [0.25, 0.3) is 6.08 Å². The zero-order valence-corrected chi connectivity index (χ0v) is 24.2. The van der Waals surface area contributed by atoms with Crippen LogP contribution in [-0.4, -0.2) is 46.9 Å². The van der Waals surface area contributed by atoms with Crippen molar-refractivity contribution < 1.29 is 14.3 Å². The molecule has 0 atom stereocenters. The summed E-state index contributed by atoms with van der Waals surface area (Å²) in [5.41, 5.74) is 5.54. The maximum absolute atomic E-state index is 12.8. The summed E-state index contributed by atoms with van der Waals surface area (Å²) in [6.45, 7) is 8.54. The van der Waals surface area contributed by atoms with E-state index in [4.69, 9.17) is 21.1 Å². The Labute approximate surface area is 246 Å². The number of pyridine rings is 1. The number of carbonyl (C=O) groups is 1. The fraction of sp³-hybridized carbons (Fsp3) is 0.235. The van der Waals surface area contributed by atoms with Gasteiger partial charge in [0.2, 0.25) is 11.8 Å². The molecule has 0 bridgehead atoms. The van der Waals surface area contributed by atoms with E-state index in [1.165, 1.54) is 11.1 Å². The summed E-state index contributed by atoms with van der Waals surface area (Å²) < 4.78 is 11.8. The smallest absolute Gasteiger partial charge is 0.246 e. The van der Waals surface area contributed by atoms with Crippen LogP contribution in [0.4, 0.5) is 0 Å². The van der Waals surface area contributed by atoms with E-state index < -0.39 is 0 Å². The molecule has 1 aliphatic rings. The van der Waals surface area contributed by atoms with E-state index in [0.717, 1.165) is 41.3 Å². The zero-order chi connectivity index (χ0) is 28.6. The van der Waals surface area contributed by atoms with Crippen molar-refractivity contribution in [3.8, 4) is 17.4 Å². The Morgan fingerprint density at radius 1 is 0.878 bits per heavy atom. The molecule has 4 aromatic rings. The number of carbonyl (C=O) groups excluding carboxylic acids is 1. The third kappa shape index (κ3) is 8.19. The van der Waals surface area contributed by atoms with Gasteiger partial charge in [-0.25, -0.2) is 4.98 Å². The summed E-state index contributed by atoms with van der Waals surface area (Å²) >= 11 is 5.99. The maximum atomic E-state index is 12.8. The zero-order valence-electron chi connectivity index (χ0n) is 23.4. The molecule has 210 valence electrons. The normalized spacial score (nSPS) is 13.9. The van der Waals surface area contributed by atoms with Crippen molar-refractivity contribution in [2.45, 2.75) is 27.0 Å². The molecule has 1 aromatic heterocycles. The lowest BCUT2D eigenvalue weighted by Gasteiger charge is -2.34. The first-order valence-corrected chi connectivity index (χ1v) is 14.2. The number of hydrogen-bond acceptors (Lipinski definition) is 5. The number of halogens is 1. The quantitative estimate of drug-likeness (QED) is 0.202. The van der Waals surface area contributed by atoms with Gasteiger partial charge in [0.15, 0.2) is 0 Å². The molecule has 1 aliphatic heterocycles. The van der Waals surface area contributed by atoms with Crippen LogP contribution in [0, 0.1) is 13.8 Å². The van der Waals surface area contributed by atoms with Crippen molar-refractivity contribution in [3.05, 3.63) is 124 Å².